The third kappa shape index (κ3) is 3.07. The van der Waals surface area contributed by atoms with Gasteiger partial charge < -0.3 is 20.3 Å². The van der Waals surface area contributed by atoms with Crippen molar-refractivity contribution in [2.24, 2.45) is 5.73 Å². The van der Waals surface area contributed by atoms with E-state index in [0.717, 1.165) is 27.8 Å². The molecule has 1 aliphatic heterocycles. The molecule has 0 radical (unpaired) electrons. The van der Waals surface area contributed by atoms with Gasteiger partial charge in [0.1, 0.15) is 13.2 Å². The number of nitrogens with two attached hydrogens (primary N) is 1. The molecule has 0 amide bonds. The van der Waals surface area contributed by atoms with E-state index >= 15 is 0 Å². The van der Waals surface area contributed by atoms with Crippen LogP contribution in [0.2, 0.25) is 0 Å². The number of fused-ring (bicyclic) bond motifs is 1. The van der Waals surface area contributed by atoms with Gasteiger partial charge in [-0.1, -0.05) is 6.92 Å². The molecule has 3 N–H and O–H groups in total. The molecule has 0 saturated heterocycles. The van der Waals surface area contributed by atoms with Gasteiger partial charge >= 0.3 is 5.97 Å². The molecule has 20 heavy (non-hydrogen) atoms. The molecule has 110 valence electrons. The summed E-state index contributed by atoms with van der Waals surface area (Å²) in [7, 11) is 0. The number of ether oxygens (including phenoxy) is 2. The highest BCUT2D eigenvalue weighted by atomic mass is 79.9. The monoisotopic (exact) mass is 343 g/mol. The average Bonchev–Trinajstić information content (AvgIpc) is 2.44. The van der Waals surface area contributed by atoms with Crippen LogP contribution in [0.4, 0.5) is 0 Å². The predicted octanol–water partition coefficient (Wildman–Crippen LogP) is 2.65. The van der Waals surface area contributed by atoms with Gasteiger partial charge in [0.15, 0.2) is 11.5 Å². The van der Waals surface area contributed by atoms with Crippen molar-refractivity contribution in [3.05, 3.63) is 21.7 Å². The molecule has 1 heterocycles. The fraction of sp³-hybridized carbons (Fsp3) is 0.500. The van der Waals surface area contributed by atoms with E-state index in [1.165, 1.54) is 0 Å². The van der Waals surface area contributed by atoms with Gasteiger partial charge in [-0.05, 0) is 40.4 Å². The summed E-state index contributed by atoms with van der Waals surface area (Å²) in [5, 5.41) is 8.77. The number of rotatable bonds is 5. The van der Waals surface area contributed by atoms with Gasteiger partial charge in [0.25, 0.3) is 0 Å². The second-order valence-electron chi connectivity index (χ2n) is 4.67. The Bertz CT molecular complexity index is 518. The molecular weight excluding hydrogens is 326 g/mol. The lowest BCUT2D eigenvalue weighted by atomic mass is 9.94. The van der Waals surface area contributed by atoms with Gasteiger partial charge in [-0.15, -0.1) is 0 Å². The van der Waals surface area contributed by atoms with Crippen LogP contribution < -0.4 is 15.2 Å². The Labute approximate surface area is 126 Å². The zero-order chi connectivity index (χ0) is 14.7. The highest BCUT2D eigenvalue weighted by molar-refractivity contribution is 9.10. The first-order chi connectivity index (χ1) is 9.54. The van der Waals surface area contributed by atoms with Crippen LogP contribution in [-0.2, 0) is 11.2 Å². The molecule has 6 heteroatoms. The van der Waals surface area contributed by atoms with Crippen molar-refractivity contribution in [1.29, 1.82) is 0 Å². The summed E-state index contributed by atoms with van der Waals surface area (Å²) < 4.78 is 12.1. The third-order valence-corrected chi connectivity index (χ3v) is 3.92. The second-order valence-corrected chi connectivity index (χ2v) is 5.53. The molecule has 1 aromatic rings. The average molecular weight is 344 g/mol. The fourth-order valence-electron chi connectivity index (χ4n) is 2.37. The van der Waals surface area contributed by atoms with Crippen LogP contribution in [-0.4, -0.2) is 24.3 Å². The quantitative estimate of drug-likeness (QED) is 0.858. The zero-order valence-corrected chi connectivity index (χ0v) is 12.9. The SMILES string of the molecule is CCc1c(C(N)CCC(=O)O)cc(Br)c2c1OCCO2. The van der Waals surface area contributed by atoms with Crippen LogP contribution in [0.1, 0.15) is 36.9 Å². The number of carboxylic acid groups (broad SMARTS) is 1. The van der Waals surface area contributed by atoms with Crippen LogP contribution in [0, 0.1) is 0 Å². The molecule has 0 saturated carbocycles. The lowest BCUT2D eigenvalue weighted by molar-refractivity contribution is -0.137. The largest absolute Gasteiger partial charge is 0.486 e. The smallest absolute Gasteiger partial charge is 0.303 e. The lowest BCUT2D eigenvalue weighted by Gasteiger charge is -2.26. The van der Waals surface area contributed by atoms with Crippen LogP contribution in [0.5, 0.6) is 11.5 Å². The first-order valence-electron chi connectivity index (χ1n) is 6.62. The number of aliphatic carboxylic acids is 1. The predicted molar refractivity (Wildman–Crippen MR) is 78.3 cm³/mol. The van der Waals surface area contributed by atoms with Crippen LogP contribution in [0.3, 0.4) is 0 Å². The van der Waals surface area contributed by atoms with E-state index in [-0.39, 0.29) is 12.5 Å². The molecule has 5 nitrogen and oxygen atoms in total. The van der Waals surface area contributed by atoms with Crippen molar-refractivity contribution in [3.8, 4) is 11.5 Å². The minimum atomic E-state index is -0.838. The van der Waals surface area contributed by atoms with Gasteiger partial charge in [0.05, 0.1) is 4.47 Å². The fourth-order valence-corrected chi connectivity index (χ4v) is 2.91. The minimum absolute atomic E-state index is 0.0520. The van der Waals surface area contributed by atoms with E-state index in [4.69, 9.17) is 20.3 Å². The highest BCUT2D eigenvalue weighted by Crippen LogP contribution is 2.44. The van der Waals surface area contributed by atoms with Gasteiger partial charge in [-0.3, -0.25) is 4.79 Å². The molecule has 0 spiro atoms. The Morgan fingerprint density at radius 2 is 2.10 bits per heavy atom. The van der Waals surface area contributed by atoms with E-state index in [1.807, 2.05) is 13.0 Å². The Balaban J connectivity index is 2.37. The van der Waals surface area contributed by atoms with Gasteiger partial charge in [0, 0.05) is 18.0 Å². The van der Waals surface area contributed by atoms with Gasteiger partial charge in [-0.25, -0.2) is 0 Å². The van der Waals surface area contributed by atoms with E-state index in [1.54, 1.807) is 0 Å². The molecule has 1 unspecified atom stereocenters. The highest BCUT2D eigenvalue weighted by Gasteiger charge is 2.24. The van der Waals surface area contributed by atoms with Crippen LogP contribution in [0.15, 0.2) is 10.5 Å². The van der Waals surface area contributed by atoms with Crippen molar-refractivity contribution in [1.82, 2.24) is 0 Å². The normalized spacial score (nSPS) is 14.9. The number of benzene rings is 1. The molecule has 0 aliphatic carbocycles. The van der Waals surface area contributed by atoms with E-state index in [0.29, 0.717) is 25.4 Å². The maximum atomic E-state index is 10.7. The maximum absolute atomic E-state index is 10.7. The van der Waals surface area contributed by atoms with Crippen LogP contribution in [0.25, 0.3) is 0 Å². The van der Waals surface area contributed by atoms with E-state index in [9.17, 15) is 4.79 Å². The molecule has 1 aromatic carbocycles. The zero-order valence-electron chi connectivity index (χ0n) is 11.3. The summed E-state index contributed by atoms with van der Waals surface area (Å²) in [6, 6.07) is 1.59. The Morgan fingerprint density at radius 3 is 2.70 bits per heavy atom. The summed E-state index contributed by atoms with van der Waals surface area (Å²) >= 11 is 3.47. The number of carbonyl (C=O) groups is 1. The Morgan fingerprint density at radius 1 is 1.45 bits per heavy atom. The molecule has 1 aliphatic rings. The number of hydrogen-bond acceptors (Lipinski definition) is 4. The van der Waals surface area contributed by atoms with E-state index < -0.39 is 5.97 Å². The van der Waals surface area contributed by atoms with Gasteiger partial charge in [-0.2, -0.15) is 0 Å². The Kier molecular flexibility index (Phi) is 4.88. The molecule has 1 atom stereocenters. The van der Waals surface area contributed by atoms with Gasteiger partial charge in [0.2, 0.25) is 0 Å². The maximum Gasteiger partial charge on any atom is 0.303 e. The first kappa shape index (κ1) is 15.1. The molecule has 0 aromatic heterocycles. The van der Waals surface area contributed by atoms with Crippen LogP contribution >= 0.6 is 15.9 Å². The minimum Gasteiger partial charge on any atom is -0.486 e. The number of halogens is 1. The molecule has 2 rings (SSSR count). The van der Waals surface area contributed by atoms with Crippen molar-refractivity contribution in [3.63, 3.8) is 0 Å². The topological polar surface area (TPSA) is 81.8 Å². The molecule has 0 bridgehead atoms. The summed E-state index contributed by atoms with van der Waals surface area (Å²) in [6.45, 7) is 3.06. The molecular formula is C14H18BrNO4. The number of carboxylic acids is 1. The lowest BCUT2D eigenvalue weighted by Crippen LogP contribution is -2.20. The van der Waals surface area contributed by atoms with Crippen molar-refractivity contribution >= 4 is 21.9 Å². The first-order valence-corrected chi connectivity index (χ1v) is 7.42. The van der Waals surface area contributed by atoms with Crippen molar-refractivity contribution in [2.45, 2.75) is 32.2 Å². The second kappa shape index (κ2) is 6.45. The summed E-state index contributed by atoms with van der Waals surface area (Å²) in [5.41, 5.74) is 8.06. The standard InChI is InChI=1S/C14H18BrNO4/c1-2-8-9(11(16)3-4-12(17)18)7-10(15)14-13(8)19-5-6-20-14/h7,11H,2-6,16H2,1H3,(H,17,18). The Hall–Kier alpha value is -1.27. The molecule has 0 fully saturated rings. The third-order valence-electron chi connectivity index (χ3n) is 3.33. The summed E-state index contributed by atoms with van der Waals surface area (Å²) in [6.07, 6.45) is 1.21. The number of hydrogen-bond donors (Lipinski definition) is 2. The van der Waals surface area contributed by atoms with Crippen molar-refractivity contribution < 1.29 is 19.4 Å². The van der Waals surface area contributed by atoms with E-state index in [2.05, 4.69) is 15.9 Å². The summed E-state index contributed by atoms with van der Waals surface area (Å²) in [5.74, 6) is 0.603. The summed E-state index contributed by atoms with van der Waals surface area (Å²) in [4.78, 5) is 10.7. The van der Waals surface area contributed by atoms with Crippen molar-refractivity contribution in [2.75, 3.05) is 13.2 Å².